The molecule has 0 aromatic heterocycles. The lowest BCUT2D eigenvalue weighted by Gasteiger charge is -2.18. The predicted molar refractivity (Wildman–Crippen MR) is 51.5 cm³/mol. The van der Waals surface area contributed by atoms with Crippen molar-refractivity contribution in [2.24, 2.45) is 0 Å². The molecule has 0 aliphatic carbocycles. The molecule has 6 heteroatoms. The molecular weight excluding hydrogens is 209 g/mol. The minimum Gasteiger partial charge on any atom is -0.342 e. The van der Waals surface area contributed by atoms with Gasteiger partial charge in [-0.1, -0.05) is 0 Å². The molecule has 0 unspecified atom stereocenters. The van der Waals surface area contributed by atoms with E-state index in [0.29, 0.717) is 13.1 Å². The molecule has 0 fully saturated rings. The number of nitrogens with one attached hydrogen (secondary N) is 1. The van der Waals surface area contributed by atoms with Crippen LogP contribution in [0.25, 0.3) is 0 Å². The van der Waals surface area contributed by atoms with E-state index in [1.165, 1.54) is 0 Å². The Labute approximate surface area is 87.6 Å². The Morgan fingerprint density at radius 2 is 1.80 bits per heavy atom. The van der Waals surface area contributed by atoms with Crippen LogP contribution in [0.5, 0.6) is 0 Å². The van der Waals surface area contributed by atoms with Gasteiger partial charge in [0, 0.05) is 19.6 Å². The van der Waals surface area contributed by atoms with Crippen molar-refractivity contribution in [3.05, 3.63) is 0 Å². The van der Waals surface area contributed by atoms with Crippen LogP contribution >= 0.6 is 0 Å². The van der Waals surface area contributed by atoms with E-state index in [1.54, 1.807) is 4.90 Å². The summed E-state index contributed by atoms with van der Waals surface area (Å²) in [5.74, 6) is -0.165. The van der Waals surface area contributed by atoms with Crippen molar-refractivity contribution in [1.82, 2.24) is 10.2 Å². The van der Waals surface area contributed by atoms with Crippen LogP contribution < -0.4 is 5.32 Å². The second-order valence-electron chi connectivity index (χ2n) is 3.11. The summed E-state index contributed by atoms with van der Waals surface area (Å²) in [5.41, 5.74) is 0. The summed E-state index contributed by atoms with van der Waals surface area (Å²) in [7, 11) is 0. The average molecular weight is 226 g/mol. The normalized spacial score (nSPS) is 11.5. The van der Waals surface area contributed by atoms with Gasteiger partial charge in [0.15, 0.2) is 0 Å². The molecule has 0 aliphatic rings. The fraction of sp³-hybridized carbons (Fsp3) is 0.889. The Morgan fingerprint density at radius 3 is 2.20 bits per heavy atom. The maximum atomic E-state index is 11.7. The smallest absolute Gasteiger partial charge is 0.342 e. The summed E-state index contributed by atoms with van der Waals surface area (Å²) < 4.78 is 35.2. The molecule has 0 saturated heterocycles. The maximum Gasteiger partial charge on any atom is 0.390 e. The number of hydrogen-bond acceptors (Lipinski definition) is 2. The molecule has 0 aliphatic heterocycles. The van der Waals surface area contributed by atoms with Crippen molar-refractivity contribution in [2.75, 3.05) is 26.2 Å². The van der Waals surface area contributed by atoms with Crippen molar-refractivity contribution < 1.29 is 18.0 Å². The number of likely N-dealkylation sites (N-methyl/N-ethyl adjacent to an activating group) is 1. The van der Waals surface area contributed by atoms with Gasteiger partial charge in [0.25, 0.3) is 0 Å². The Kier molecular flexibility index (Phi) is 6.31. The molecule has 15 heavy (non-hydrogen) atoms. The van der Waals surface area contributed by atoms with E-state index in [0.717, 1.165) is 0 Å². The van der Waals surface area contributed by atoms with Crippen LogP contribution in [0.4, 0.5) is 13.2 Å². The first-order valence-electron chi connectivity index (χ1n) is 4.96. The summed E-state index contributed by atoms with van der Waals surface area (Å²) in [6.45, 7) is 4.58. The standard InChI is InChI=1S/C9H17F3N2O/c1-3-14(4-2)8(15)7-13-6-5-9(10,11)12/h13H,3-7H2,1-2H3. The Morgan fingerprint density at radius 1 is 1.27 bits per heavy atom. The molecule has 3 nitrogen and oxygen atoms in total. The van der Waals surface area contributed by atoms with Gasteiger partial charge in [-0.05, 0) is 13.8 Å². The molecule has 1 amide bonds. The summed E-state index contributed by atoms with van der Waals surface area (Å²) in [5, 5.41) is 2.48. The van der Waals surface area contributed by atoms with Gasteiger partial charge in [0.2, 0.25) is 5.91 Å². The lowest BCUT2D eigenvalue weighted by Crippen LogP contribution is -2.38. The van der Waals surface area contributed by atoms with Crippen molar-refractivity contribution in [3.63, 3.8) is 0 Å². The zero-order valence-electron chi connectivity index (χ0n) is 9.02. The topological polar surface area (TPSA) is 32.3 Å². The maximum absolute atomic E-state index is 11.7. The molecular formula is C9H17F3N2O. The Bertz CT molecular complexity index is 190. The van der Waals surface area contributed by atoms with Crippen LogP contribution in [0.2, 0.25) is 0 Å². The Hall–Kier alpha value is -0.780. The molecule has 0 spiro atoms. The second kappa shape index (κ2) is 6.66. The van der Waals surface area contributed by atoms with E-state index in [-0.39, 0.29) is 19.0 Å². The number of carbonyl (C=O) groups excluding carboxylic acids is 1. The van der Waals surface area contributed by atoms with Crippen LogP contribution in [0.1, 0.15) is 20.3 Å². The van der Waals surface area contributed by atoms with E-state index in [1.807, 2.05) is 13.8 Å². The number of carbonyl (C=O) groups is 1. The van der Waals surface area contributed by atoms with Crippen molar-refractivity contribution in [2.45, 2.75) is 26.4 Å². The van der Waals surface area contributed by atoms with Gasteiger partial charge in [-0.15, -0.1) is 0 Å². The molecule has 0 bridgehead atoms. The van der Waals surface area contributed by atoms with E-state index in [4.69, 9.17) is 0 Å². The van der Waals surface area contributed by atoms with Gasteiger partial charge < -0.3 is 10.2 Å². The van der Waals surface area contributed by atoms with Crippen molar-refractivity contribution in [1.29, 1.82) is 0 Å². The third kappa shape index (κ3) is 7.18. The van der Waals surface area contributed by atoms with Crippen molar-refractivity contribution in [3.8, 4) is 0 Å². The quantitative estimate of drug-likeness (QED) is 0.694. The highest BCUT2D eigenvalue weighted by Crippen LogP contribution is 2.17. The second-order valence-corrected chi connectivity index (χ2v) is 3.11. The molecule has 0 heterocycles. The summed E-state index contributed by atoms with van der Waals surface area (Å²) in [6.07, 6.45) is -5.07. The first-order chi connectivity index (χ1) is 6.90. The monoisotopic (exact) mass is 226 g/mol. The van der Waals surface area contributed by atoms with Gasteiger partial charge in [-0.25, -0.2) is 0 Å². The zero-order chi connectivity index (χ0) is 11.9. The third-order valence-corrected chi connectivity index (χ3v) is 1.98. The molecule has 0 aromatic rings. The molecule has 0 saturated carbocycles. The van der Waals surface area contributed by atoms with Crippen LogP contribution in [0.3, 0.4) is 0 Å². The number of halogens is 3. The van der Waals surface area contributed by atoms with E-state index in [9.17, 15) is 18.0 Å². The van der Waals surface area contributed by atoms with Crippen LogP contribution in [0.15, 0.2) is 0 Å². The minimum atomic E-state index is -4.16. The SMILES string of the molecule is CCN(CC)C(=O)CNCCC(F)(F)F. The highest BCUT2D eigenvalue weighted by molar-refractivity contribution is 5.78. The van der Waals surface area contributed by atoms with Gasteiger partial charge in [-0.2, -0.15) is 13.2 Å². The lowest BCUT2D eigenvalue weighted by atomic mass is 10.4. The van der Waals surface area contributed by atoms with Gasteiger partial charge in [-0.3, -0.25) is 4.79 Å². The zero-order valence-corrected chi connectivity index (χ0v) is 9.02. The number of rotatable bonds is 6. The number of amides is 1. The fourth-order valence-corrected chi connectivity index (χ4v) is 1.11. The van der Waals surface area contributed by atoms with Gasteiger partial charge >= 0.3 is 6.18 Å². The summed E-state index contributed by atoms with van der Waals surface area (Å²) >= 11 is 0. The molecule has 0 rings (SSSR count). The molecule has 0 aromatic carbocycles. The Balaban J connectivity index is 3.63. The van der Waals surface area contributed by atoms with Crippen LogP contribution in [-0.2, 0) is 4.79 Å². The molecule has 0 atom stereocenters. The van der Waals surface area contributed by atoms with E-state index in [2.05, 4.69) is 5.32 Å². The summed E-state index contributed by atoms with van der Waals surface area (Å²) in [6, 6.07) is 0. The van der Waals surface area contributed by atoms with Gasteiger partial charge in [0.05, 0.1) is 13.0 Å². The lowest BCUT2D eigenvalue weighted by molar-refractivity contribution is -0.136. The van der Waals surface area contributed by atoms with E-state index >= 15 is 0 Å². The first kappa shape index (κ1) is 14.2. The number of nitrogens with zero attached hydrogens (tertiary/aromatic N) is 1. The number of hydrogen-bond donors (Lipinski definition) is 1. The fourth-order valence-electron chi connectivity index (χ4n) is 1.11. The van der Waals surface area contributed by atoms with Crippen LogP contribution in [-0.4, -0.2) is 43.2 Å². The van der Waals surface area contributed by atoms with Crippen LogP contribution in [0, 0.1) is 0 Å². The largest absolute Gasteiger partial charge is 0.390 e. The van der Waals surface area contributed by atoms with Crippen molar-refractivity contribution >= 4 is 5.91 Å². The third-order valence-electron chi connectivity index (χ3n) is 1.98. The van der Waals surface area contributed by atoms with E-state index < -0.39 is 12.6 Å². The highest BCUT2D eigenvalue weighted by Gasteiger charge is 2.26. The average Bonchev–Trinajstić information content (AvgIpc) is 2.13. The summed E-state index contributed by atoms with van der Waals surface area (Å²) in [4.78, 5) is 12.9. The van der Waals surface area contributed by atoms with Gasteiger partial charge in [0.1, 0.15) is 0 Å². The molecule has 1 N–H and O–H groups in total. The molecule has 0 radical (unpaired) electrons. The number of alkyl halides is 3. The highest BCUT2D eigenvalue weighted by atomic mass is 19.4. The first-order valence-corrected chi connectivity index (χ1v) is 4.96. The minimum absolute atomic E-state index is 0.0300. The predicted octanol–water partition coefficient (Wildman–Crippen LogP) is 1.40. The molecule has 90 valence electrons.